The Morgan fingerprint density at radius 3 is 2.62 bits per heavy atom. The molecule has 2 aromatic carbocycles. The van der Waals surface area contributed by atoms with E-state index in [9.17, 15) is 5.11 Å². The Bertz CT molecular complexity index is 529. The molecule has 0 unspecified atom stereocenters. The van der Waals surface area contributed by atoms with E-state index in [0.717, 1.165) is 22.1 Å². The normalized spacial score (nSPS) is 10.3. The highest BCUT2D eigenvalue weighted by molar-refractivity contribution is 5.92. The third-order valence-electron chi connectivity index (χ3n) is 2.33. The molecular formula is C14H14O2. The molecule has 82 valence electrons. The zero-order valence-corrected chi connectivity index (χ0v) is 9.23. The summed E-state index contributed by atoms with van der Waals surface area (Å²) in [5.41, 5.74) is 0.970. The van der Waals surface area contributed by atoms with E-state index in [1.54, 1.807) is 6.07 Å². The highest BCUT2D eigenvalue weighted by Gasteiger charge is 2.04. The third-order valence-corrected chi connectivity index (χ3v) is 2.33. The zero-order valence-electron chi connectivity index (χ0n) is 9.23. The van der Waals surface area contributed by atoms with E-state index in [1.165, 1.54) is 0 Å². The van der Waals surface area contributed by atoms with Gasteiger partial charge in [0.05, 0.1) is 0 Å². The lowest BCUT2D eigenvalue weighted by atomic mass is 10.1. The van der Waals surface area contributed by atoms with E-state index in [1.807, 2.05) is 37.3 Å². The molecule has 0 bridgehead atoms. The number of hydrogen-bond donors (Lipinski definition) is 1. The Morgan fingerprint density at radius 1 is 1.19 bits per heavy atom. The maximum Gasteiger partial charge on any atom is 0.127 e. The van der Waals surface area contributed by atoms with Crippen LogP contribution in [0.2, 0.25) is 0 Å². The van der Waals surface area contributed by atoms with Gasteiger partial charge in [0.1, 0.15) is 18.1 Å². The average molecular weight is 214 g/mol. The van der Waals surface area contributed by atoms with Crippen LogP contribution in [-0.4, -0.2) is 11.7 Å². The number of phenols is 1. The lowest BCUT2D eigenvalue weighted by molar-refractivity contribution is 0.357. The Labute approximate surface area is 94.8 Å². The summed E-state index contributed by atoms with van der Waals surface area (Å²) in [6, 6.07) is 11.1. The van der Waals surface area contributed by atoms with E-state index in [-0.39, 0.29) is 5.75 Å². The van der Waals surface area contributed by atoms with Gasteiger partial charge >= 0.3 is 0 Å². The SMILES string of the molecule is C=C(C)COc1cccc2c(O)cccc12. The number of fused-ring (bicyclic) bond motifs is 1. The van der Waals surface area contributed by atoms with Gasteiger partial charge in [-0.1, -0.05) is 30.8 Å². The molecule has 0 aliphatic heterocycles. The lowest BCUT2D eigenvalue weighted by Crippen LogP contribution is -1.97. The largest absolute Gasteiger partial charge is 0.507 e. The molecule has 0 radical (unpaired) electrons. The van der Waals surface area contributed by atoms with Crippen LogP contribution in [0.5, 0.6) is 11.5 Å². The smallest absolute Gasteiger partial charge is 0.127 e. The Morgan fingerprint density at radius 2 is 1.88 bits per heavy atom. The van der Waals surface area contributed by atoms with Crippen LogP contribution in [0.25, 0.3) is 10.8 Å². The molecule has 2 nitrogen and oxygen atoms in total. The fourth-order valence-corrected chi connectivity index (χ4v) is 1.59. The van der Waals surface area contributed by atoms with Crippen LogP contribution >= 0.6 is 0 Å². The van der Waals surface area contributed by atoms with Crippen molar-refractivity contribution in [3.05, 3.63) is 48.6 Å². The summed E-state index contributed by atoms with van der Waals surface area (Å²) in [7, 11) is 0. The van der Waals surface area contributed by atoms with Crippen molar-refractivity contribution in [2.45, 2.75) is 6.92 Å². The summed E-state index contributed by atoms with van der Waals surface area (Å²) in [5, 5.41) is 11.4. The summed E-state index contributed by atoms with van der Waals surface area (Å²) >= 11 is 0. The van der Waals surface area contributed by atoms with E-state index in [4.69, 9.17) is 4.74 Å². The van der Waals surface area contributed by atoms with Gasteiger partial charge in [-0.3, -0.25) is 0 Å². The predicted molar refractivity (Wildman–Crippen MR) is 65.9 cm³/mol. The first kappa shape index (κ1) is 10.6. The molecule has 0 aliphatic rings. The van der Waals surface area contributed by atoms with Crippen molar-refractivity contribution in [3.8, 4) is 11.5 Å². The number of ether oxygens (including phenoxy) is 1. The summed E-state index contributed by atoms with van der Waals surface area (Å²) < 4.78 is 5.63. The number of phenolic OH excluding ortho intramolecular Hbond substituents is 1. The first-order chi connectivity index (χ1) is 7.68. The van der Waals surface area contributed by atoms with Gasteiger partial charge in [0.25, 0.3) is 0 Å². The van der Waals surface area contributed by atoms with Gasteiger partial charge in [-0.2, -0.15) is 0 Å². The minimum Gasteiger partial charge on any atom is -0.507 e. The second-order valence-electron chi connectivity index (χ2n) is 3.87. The Balaban J connectivity index is 2.45. The maximum atomic E-state index is 9.70. The highest BCUT2D eigenvalue weighted by Crippen LogP contribution is 2.31. The fraction of sp³-hybridized carbons (Fsp3) is 0.143. The molecule has 0 saturated carbocycles. The predicted octanol–water partition coefficient (Wildman–Crippen LogP) is 3.50. The van der Waals surface area contributed by atoms with Crippen LogP contribution in [0, 0.1) is 0 Å². The molecule has 2 heteroatoms. The van der Waals surface area contributed by atoms with Gasteiger partial charge in [0.2, 0.25) is 0 Å². The van der Waals surface area contributed by atoms with Crippen LogP contribution < -0.4 is 4.74 Å². The number of benzene rings is 2. The van der Waals surface area contributed by atoms with Gasteiger partial charge in [0.15, 0.2) is 0 Å². The van der Waals surface area contributed by atoms with Crippen molar-refractivity contribution >= 4 is 10.8 Å². The Hall–Kier alpha value is -1.96. The third kappa shape index (κ3) is 2.01. The van der Waals surface area contributed by atoms with Crippen molar-refractivity contribution in [1.29, 1.82) is 0 Å². The molecule has 0 fully saturated rings. The molecule has 0 aromatic heterocycles. The van der Waals surface area contributed by atoms with E-state index in [2.05, 4.69) is 6.58 Å². The van der Waals surface area contributed by atoms with Crippen LogP contribution in [0.1, 0.15) is 6.92 Å². The summed E-state index contributed by atoms with van der Waals surface area (Å²) in [6.07, 6.45) is 0. The van der Waals surface area contributed by atoms with E-state index < -0.39 is 0 Å². The van der Waals surface area contributed by atoms with Gasteiger partial charge in [0, 0.05) is 10.8 Å². The molecule has 2 aromatic rings. The molecule has 0 atom stereocenters. The van der Waals surface area contributed by atoms with Gasteiger partial charge in [-0.15, -0.1) is 0 Å². The van der Waals surface area contributed by atoms with E-state index >= 15 is 0 Å². The number of hydrogen-bond acceptors (Lipinski definition) is 2. The van der Waals surface area contributed by atoms with Gasteiger partial charge < -0.3 is 9.84 Å². The quantitative estimate of drug-likeness (QED) is 0.792. The van der Waals surface area contributed by atoms with Crippen LogP contribution in [0.15, 0.2) is 48.6 Å². The van der Waals surface area contributed by atoms with E-state index in [0.29, 0.717) is 6.61 Å². The monoisotopic (exact) mass is 214 g/mol. The highest BCUT2D eigenvalue weighted by atomic mass is 16.5. The van der Waals surface area contributed by atoms with Gasteiger partial charge in [-0.05, 0) is 24.6 Å². The van der Waals surface area contributed by atoms with Crippen molar-refractivity contribution in [1.82, 2.24) is 0 Å². The first-order valence-electron chi connectivity index (χ1n) is 5.16. The van der Waals surface area contributed by atoms with Crippen LogP contribution in [0.4, 0.5) is 0 Å². The first-order valence-corrected chi connectivity index (χ1v) is 5.16. The van der Waals surface area contributed by atoms with Crippen molar-refractivity contribution in [2.24, 2.45) is 0 Å². The van der Waals surface area contributed by atoms with Crippen molar-refractivity contribution < 1.29 is 9.84 Å². The molecular weight excluding hydrogens is 200 g/mol. The molecule has 0 aliphatic carbocycles. The number of aromatic hydroxyl groups is 1. The summed E-state index contributed by atoms with van der Waals surface area (Å²) in [5.74, 6) is 1.05. The lowest BCUT2D eigenvalue weighted by Gasteiger charge is -2.09. The summed E-state index contributed by atoms with van der Waals surface area (Å²) in [6.45, 7) is 6.21. The number of rotatable bonds is 3. The van der Waals surface area contributed by atoms with Gasteiger partial charge in [-0.25, -0.2) is 0 Å². The Kier molecular flexibility index (Phi) is 2.82. The van der Waals surface area contributed by atoms with Crippen LogP contribution in [0.3, 0.4) is 0 Å². The molecule has 16 heavy (non-hydrogen) atoms. The molecule has 0 spiro atoms. The second-order valence-corrected chi connectivity index (χ2v) is 3.87. The zero-order chi connectivity index (χ0) is 11.5. The molecule has 2 rings (SSSR count). The van der Waals surface area contributed by atoms with Crippen LogP contribution in [-0.2, 0) is 0 Å². The van der Waals surface area contributed by atoms with Crippen molar-refractivity contribution in [2.75, 3.05) is 6.61 Å². The fourth-order valence-electron chi connectivity index (χ4n) is 1.59. The molecule has 0 heterocycles. The minimum atomic E-state index is 0.276. The molecule has 1 N–H and O–H groups in total. The standard InChI is InChI=1S/C14H14O2/c1-10(2)9-16-14-8-4-5-11-12(14)6-3-7-13(11)15/h3-8,15H,1,9H2,2H3. The average Bonchev–Trinajstić information content (AvgIpc) is 2.27. The minimum absolute atomic E-state index is 0.276. The van der Waals surface area contributed by atoms with Crippen molar-refractivity contribution in [3.63, 3.8) is 0 Å². The maximum absolute atomic E-state index is 9.70. The topological polar surface area (TPSA) is 29.5 Å². The molecule has 0 saturated heterocycles. The summed E-state index contributed by atoms with van der Waals surface area (Å²) in [4.78, 5) is 0. The second kappa shape index (κ2) is 4.27. The molecule has 0 amide bonds.